The lowest BCUT2D eigenvalue weighted by Crippen LogP contribution is -2.47. The number of hydrogen-bond acceptors (Lipinski definition) is 4. The molecule has 0 bridgehead atoms. The highest BCUT2D eigenvalue weighted by molar-refractivity contribution is 5.90. The Morgan fingerprint density at radius 1 is 0.800 bits per heavy atom. The lowest BCUT2D eigenvalue weighted by Gasteiger charge is -2.30. The van der Waals surface area contributed by atoms with Gasteiger partial charge in [-0.2, -0.15) is 10.5 Å². The molecule has 4 N–H and O–H groups in total. The molecule has 0 heterocycles. The molecule has 2 aromatic carbocycles. The SMILES string of the molecule is N#Cc1cccc(NC(=O)NC2CCCC(NC(=O)Nc3cccc(C#N)c3)C2)c1. The van der Waals surface area contributed by atoms with Crippen molar-refractivity contribution >= 4 is 23.4 Å². The number of carbonyl (C=O) groups excluding carboxylic acids is 2. The first-order valence-electron chi connectivity index (χ1n) is 9.71. The number of carbonyl (C=O) groups is 2. The normalized spacial score (nSPS) is 17.7. The van der Waals surface area contributed by atoms with Gasteiger partial charge in [-0.3, -0.25) is 0 Å². The molecular weight excluding hydrogens is 380 g/mol. The Balaban J connectivity index is 1.48. The van der Waals surface area contributed by atoms with E-state index in [0.29, 0.717) is 28.9 Å². The summed E-state index contributed by atoms with van der Waals surface area (Å²) in [5.41, 5.74) is 2.05. The Hall–Kier alpha value is -4.04. The van der Waals surface area contributed by atoms with Crippen molar-refractivity contribution in [2.24, 2.45) is 0 Å². The van der Waals surface area contributed by atoms with Gasteiger partial charge in [0.15, 0.2) is 0 Å². The summed E-state index contributed by atoms with van der Waals surface area (Å²) in [4.78, 5) is 24.6. The molecule has 152 valence electrons. The number of urea groups is 2. The largest absolute Gasteiger partial charge is 0.335 e. The first-order chi connectivity index (χ1) is 14.6. The van der Waals surface area contributed by atoms with Gasteiger partial charge in [-0.25, -0.2) is 9.59 Å². The zero-order valence-corrected chi connectivity index (χ0v) is 16.3. The minimum absolute atomic E-state index is 0.0647. The standard InChI is InChI=1S/C22H22N6O2/c23-13-15-4-1-6-17(10-15)25-21(29)27-19-8-3-9-20(12-19)28-22(30)26-18-7-2-5-16(11-18)14-24/h1-2,4-7,10-11,19-20H,3,8-9,12H2,(H2,25,27,29)(H2,26,28,30). The Morgan fingerprint density at radius 2 is 1.27 bits per heavy atom. The summed E-state index contributed by atoms with van der Waals surface area (Å²) in [5.74, 6) is 0. The van der Waals surface area contributed by atoms with E-state index < -0.39 is 0 Å². The van der Waals surface area contributed by atoms with Crippen LogP contribution in [0.4, 0.5) is 21.0 Å². The molecule has 0 aliphatic heterocycles. The third-order valence-electron chi connectivity index (χ3n) is 4.84. The van der Waals surface area contributed by atoms with Gasteiger partial charge in [0.25, 0.3) is 0 Å². The van der Waals surface area contributed by atoms with Crippen LogP contribution in [0.2, 0.25) is 0 Å². The second-order valence-corrected chi connectivity index (χ2v) is 7.14. The van der Waals surface area contributed by atoms with E-state index in [1.807, 2.05) is 12.1 Å². The maximum Gasteiger partial charge on any atom is 0.319 e. The van der Waals surface area contributed by atoms with Crippen LogP contribution in [0.5, 0.6) is 0 Å². The van der Waals surface area contributed by atoms with Crippen molar-refractivity contribution in [3.05, 3.63) is 59.7 Å². The highest BCUT2D eigenvalue weighted by Crippen LogP contribution is 2.19. The Labute approximate surface area is 174 Å². The summed E-state index contributed by atoms with van der Waals surface area (Å²) < 4.78 is 0. The third-order valence-corrected chi connectivity index (χ3v) is 4.84. The molecule has 8 nitrogen and oxygen atoms in total. The van der Waals surface area contributed by atoms with Crippen LogP contribution < -0.4 is 21.3 Å². The van der Waals surface area contributed by atoms with E-state index >= 15 is 0 Å². The van der Waals surface area contributed by atoms with E-state index in [2.05, 4.69) is 21.3 Å². The van der Waals surface area contributed by atoms with Crippen molar-refractivity contribution in [3.8, 4) is 12.1 Å². The van der Waals surface area contributed by atoms with Crippen molar-refractivity contribution in [1.29, 1.82) is 10.5 Å². The van der Waals surface area contributed by atoms with Crippen LogP contribution in [-0.2, 0) is 0 Å². The van der Waals surface area contributed by atoms with Crippen LogP contribution in [0, 0.1) is 22.7 Å². The molecule has 1 aliphatic carbocycles. The Bertz CT molecular complexity index is 928. The lowest BCUT2D eigenvalue weighted by molar-refractivity contribution is 0.233. The molecule has 4 amide bonds. The fourth-order valence-electron chi connectivity index (χ4n) is 3.49. The number of nitrogens with zero attached hydrogens (tertiary/aromatic N) is 2. The first kappa shape index (κ1) is 20.7. The quantitative estimate of drug-likeness (QED) is 0.621. The van der Waals surface area contributed by atoms with E-state index in [1.54, 1.807) is 48.5 Å². The Kier molecular flexibility index (Phi) is 6.86. The molecule has 2 aromatic rings. The molecule has 0 saturated heterocycles. The zero-order valence-electron chi connectivity index (χ0n) is 16.3. The molecule has 1 saturated carbocycles. The zero-order chi connectivity index (χ0) is 21.3. The van der Waals surface area contributed by atoms with Crippen LogP contribution >= 0.6 is 0 Å². The first-order valence-corrected chi connectivity index (χ1v) is 9.71. The van der Waals surface area contributed by atoms with Gasteiger partial charge in [0.2, 0.25) is 0 Å². The number of hydrogen-bond donors (Lipinski definition) is 4. The summed E-state index contributed by atoms with van der Waals surface area (Å²) in [7, 11) is 0. The van der Waals surface area contributed by atoms with Crippen molar-refractivity contribution in [2.75, 3.05) is 10.6 Å². The second kappa shape index (κ2) is 9.94. The predicted octanol–water partition coefficient (Wildman–Crippen LogP) is 3.68. The number of benzene rings is 2. The average molecular weight is 402 g/mol. The maximum absolute atomic E-state index is 12.3. The van der Waals surface area contributed by atoms with Gasteiger partial charge in [-0.1, -0.05) is 12.1 Å². The number of amides is 4. The van der Waals surface area contributed by atoms with Crippen molar-refractivity contribution in [1.82, 2.24) is 10.6 Å². The van der Waals surface area contributed by atoms with Gasteiger partial charge in [0, 0.05) is 23.5 Å². The molecule has 2 unspecified atom stereocenters. The van der Waals surface area contributed by atoms with Gasteiger partial charge in [0.05, 0.1) is 23.3 Å². The third kappa shape index (κ3) is 5.98. The molecule has 1 aliphatic rings. The molecule has 0 spiro atoms. The van der Waals surface area contributed by atoms with Crippen LogP contribution in [0.25, 0.3) is 0 Å². The molecule has 1 fully saturated rings. The molecule has 8 heteroatoms. The van der Waals surface area contributed by atoms with E-state index in [9.17, 15) is 9.59 Å². The number of rotatable bonds is 4. The van der Waals surface area contributed by atoms with Crippen molar-refractivity contribution in [3.63, 3.8) is 0 Å². The predicted molar refractivity (Wildman–Crippen MR) is 113 cm³/mol. The van der Waals surface area contributed by atoms with E-state index in [0.717, 1.165) is 19.3 Å². The number of nitrogens with one attached hydrogen (secondary N) is 4. The monoisotopic (exact) mass is 402 g/mol. The second-order valence-electron chi connectivity index (χ2n) is 7.14. The van der Waals surface area contributed by atoms with Crippen LogP contribution in [0.1, 0.15) is 36.8 Å². The fourth-order valence-corrected chi connectivity index (χ4v) is 3.49. The Morgan fingerprint density at radius 3 is 1.70 bits per heavy atom. The molecule has 0 aromatic heterocycles. The highest BCUT2D eigenvalue weighted by Gasteiger charge is 2.24. The minimum atomic E-state index is -0.339. The van der Waals surface area contributed by atoms with E-state index in [1.165, 1.54) is 0 Å². The van der Waals surface area contributed by atoms with Gasteiger partial charge in [0.1, 0.15) is 0 Å². The summed E-state index contributed by atoms with van der Waals surface area (Å²) >= 11 is 0. The molecule has 0 radical (unpaired) electrons. The fraction of sp³-hybridized carbons (Fsp3) is 0.273. The van der Waals surface area contributed by atoms with Crippen LogP contribution in [0.3, 0.4) is 0 Å². The van der Waals surface area contributed by atoms with Gasteiger partial charge >= 0.3 is 12.1 Å². The minimum Gasteiger partial charge on any atom is -0.335 e. The van der Waals surface area contributed by atoms with Gasteiger partial charge in [-0.05, 0) is 62.1 Å². The topological polar surface area (TPSA) is 130 Å². The molecular formula is C22H22N6O2. The van der Waals surface area contributed by atoms with Crippen molar-refractivity contribution in [2.45, 2.75) is 37.8 Å². The van der Waals surface area contributed by atoms with Gasteiger partial charge < -0.3 is 21.3 Å². The highest BCUT2D eigenvalue weighted by atomic mass is 16.2. The molecule has 2 atom stereocenters. The van der Waals surface area contributed by atoms with Crippen molar-refractivity contribution < 1.29 is 9.59 Å². The number of nitriles is 2. The average Bonchev–Trinajstić information content (AvgIpc) is 2.74. The summed E-state index contributed by atoms with van der Waals surface area (Å²) in [6, 6.07) is 16.7. The smallest absolute Gasteiger partial charge is 0.319 e. The van der Waals surface area contributed by atoms with E-state index in [4.69, 9.17) is 10.5 Å². The maximum atomic E-state index is 12.3. The molecule has 30 heavy (non-hydrogen) atoms. The number of anilines is 2. The summed E-state index contributed by atoms with van der Waals surface area (Å²) in [5, 5.41) is 29.2. The molecule has 3 rings (SSSR count). The van der Waals surface area contributed by atoms with Crippen LogP contribution in [0.15, 0.2) is 48.5 Å². The summed E-state index contributed by atoms with van der Waals surface area (Å²) in [6.45, 7) is 0. The van der Waals surface area contributed by atoms with E-state index in [-0.39, 0.29) is 24.1 Å². The lowest BCUT2D eigenvalue weighted by atomic mass is 9.91. The van der Waals surface area contributed by atoms with Crippen LogP contribution in [-0.4, -0.2) is 24.1 Å². The van der Waals surface area contributed by atoms with Gasteiger partial charge in [-0.15, -0.1) is 0 Å². The summed E-state index contributed by atoms with van der Waals surface area (Å²) in [6.07, 6.45) is 3.16.